The molecule has 0 spiro atoms. The molecule has 2 aromatic carbocycles. The lowest BCUT2D eigenvalue weighted by atomic mass is 9.77. The second-order valence-corrected chi connectivity index (χ2v) is 23.8. The highest BCUT2D eigenvalue weighted by molar-refractivity contribution is 7.13. The molecule has 2 aliphatic rings. The summed E-state index contributed by atoms with van der Waals surface area (Å²) in [7, 11) is 0. The van der Waals surface area contributed by atoms with Gasteiger partial charge in [0.1, 0.15) is 31.3 Å². The fourth-order valence-corrected chi connectivity index (χ4v) is 11.0. The quantitative estimate of drug-likeness (QED) is 0.0464. The fourth-order valence-electron chi connectivity index (χ4n) is 9.33. The Balaban J connectivity index is 0.795. The number of aliphatic hydroxyl groups excluding tert-OH is 2. The normalized spacial score (nSPS) is 18.4. The lowest BCUT2D eigenvalue weighted by Crippen LogP contribution is -2.58. The van der Waals surface area contributed by atoms with Crippen LogP contribution in [-0.2, 0) is 65.5 Å². The van der Waals surface area contributed by atoms with Crippen molar-refractivity contribution in [3.63, 3.8) is 0 Å². The van der Waals surface area contributed by atoms with Crippen molar-refractivity contribution in [3.05, 3.63) is 82.1 Å². The summed E-state index contributed by atoms with van der Waals surface area (Å²) in [6, 6.07) is 12.9. The summed E-state index contributed by atoms with van der Waals surface area (Å²) in [5, 5.41) is 29.8. The Bertz CT molecular complexity index is 2450. The number of nitrogens with one attached hydrogen (secondary N) is 3. The van der Waals surface area contributed by atoms with Crippen LogP contribution in [0.2, 0.25) is 0 Å². The number of carbonyl (C=O) groups excluding carboxylic acids is 6. The first-order valence-corrected chi connectivity index (χ1v) is 28.6. The molecule has 6 rings (SSSR count). The monoisotopic (exact) mass is 1130 g/mol. The molecule has 6 atom stereocenters. The number of aromatic nitrogens is 2. The van der Waals surface area contributed by atoms with Crippen molar-refractivity contribution in [2.45, 2.75) is 118 Å². The van der Waals surface area contributed by atoms with Crippen molar-refractivity contribution >= 4 is 58.0 Å². The van der Waals surface area contributed by atoms with Crippen molar-refractivity contribution < 1.29 is 62.7 Å². The molecule has 22 heteroatoms. The average molecular weight is 1130 g/mol. The first-order valence-electron chi connectivity index (χ1n) is 26.8. The largest absolute Gasteiger partial charge is 0.391 e. The van der Waals surface area contributed by atoms with E-state index in [2.05, 4.69) is 25.9 Å². The van der Waals surface area contributed by atoms with Gasteiger partial charge in [-0.25, -0.2) is 9.97 Å². The second-order valence-electron chi connectivity index (χ2n) is 22.1. The maximum absolute atomic E-state index is 14.0. The number of nitrogens with zero attached hydrogens (tertiary/aromatic N) is 4. The van der Waals surface area contributed by atoms with E-state index >= 15 is 0 Å². The average Bonchev–Trinajstić information content (AvgIpc) is 4.28. The molecular weight excluding hydrogens is 1050 g/mol. The number of rotatable bonds is 29. The van der Waals surface area contributed by atoms with Crippen LogP contribution in [-0.4, -0.2) is 175 Å². The molecule has 2 fully saturated rings. The van der Waals surface area contributed by atoms with Crippen molar-refractivity contribution in [1.29, 1.82) is 0 Å². The van der Waals surface area contributed by atoms with Crippen LogP contribution in [0.5, 0.6) is 0 Å². The summed E-state index contributed by atoms with van der Waals surface area (Å²) in [5.41, 5.74) is 8.03. The minimum Gasteiger partial charge on any atom is -0.391 e. The summed E-state index contributed by atoms with van der Waals surface area (Å²) >= 11 is 3.13. The molecule has 0 aliphatic carbocycles. The van der Waals surface area contributed by atoms with Crippen LogP contribution in [0.15, 0.2) is 59.6 Å². The summed E-state index contributed by atoms with van der Waals surface area (Å²) in [4.78, 5) is 94.5. The Morgan fingerprint density at radius 2 is 1.00 bits per heavy atom. The van der Waals surface area contributed by atoms with Gasteiger partial charge in [-0.2, -0.15) is 0 Å². The lowest BCUT2D eigenvalue weighted by molar-refractivity contribution is -0.146. The first-order chi connectivity index (χ1) is 37.6. The second kappa shape index (κ2) is 29.8. The van der Waals surface area contributed by atoms with Crippen molar-refractivity contribution in [3.8, 4) is 20.9 Å². The highest BCUT2D eigenvalue weighted by atomic mass is 32.1. The molecule has 5 N–H and O–H groups in total. The molecule has 79 heavy (non-hydrogen) atoms. The van der Waals surface area contributed by atoms with E-state index < -0.39 is 58.9 Å². The number of likely N-dealkylation sites (tertiary alicyclic amines) is 2. The number of aryl methyl sites for hydroxylation is 2. The number of hydrogen-bond acceptors (Lipinski definition) is 17. The van der Waals surface area contributed by atoms with E-state index in [0.29, 0.717) is 0 Å². The number of aliphatic hydroxyl groups is 2. The SMILES string of the molecule is Cc1ncsc1-c1ccc(CNC(=O)[C@@H]2C[C@H](O)CN2C(=O)[C@@H](CC(=O)COCCOCCOCCOCCOCC(=O)N[C@H](C(=O)N2C[C@H](O)C[C@H]2C(=O)NCc2ccc(-c3scnc3C)cc2)C(C)(C)C)C(C)(C)C)cc1. The van der Waals surface area contributed by atoms with Crippen LogP contribution in [0.25, 0.3) is 20.9 Å². The van der Waals surface area contributed by atoms with Crippen LogP contribution in [0, 0.1) is 30.6 Å². The van der Waals surface area contributed by atoms with Gasteiger partial charge < -0.3 is 59.6 Å². The van der Waals surface area contributed by atoms with E-state index in [1.165, 1.54) is 9.80 Å². The Morgan fingerprint density at radius 1 is 0.595 bits per heavy atom. The molecule has 5 amide bonds. The third-order valence-electron chi connectivity index (χ3n) is 13.8. The third kappa shape index (κ3) is 18.8. The highest BCUT2D eigenvalue weighted by Gasteiger charge is 2.46. The molecule has 4 aromatic rings. The Hall–Kier alpha value is -5.56. The molecule has 0 saturated carbocycles. The van der Waals surface area contributed by atoms with E-state index in [1.54, 1.807) is 33.7 Å². The summed E-state index contributed by atoms with van der Waals surface area (Å²) in [6.45, 7) is 16.7. The molecule has 2 aliphatic heterocycles. The zero-order valence-corrected chi connectivity index (χ0v) is 48.4. The van der Waals surface area contributed by atoms with Crippen LogP contribution >= 0.6 is 22.7 Å². The van der Waals surface area contributed by atoms with E-state index in [1.807, 2.05) is 104 Å². The molecule has 432 valence electrons. The van der Waals surface area contributed by atoms with Crippen LogP contribution < -0.4 is 16.0 Å². The van der Waals surface area contributed by atoms with E-state index in [4.69, 9.17) is 23.7 Å². The van der Waals surface area contributed by atoms with E-state index in [0.717, 1.165) is 43.4 Å². The smallest absolute Gasteiger partial charge is 0.246 e. The van der Waals surface area contributed by atoms with Gasteiger partial charge in [-0.15, -0.1) is 22.7 Å². The topological polar surface area (TPSA) is 257 Å². The third-order valence-corrected chi connectivity index (χ3v) is 15.7. The van der Waals surface area contributed by atoms with Crippen molar-refractivity contribution in [2.24, 2.45) is 16.7 Å². The predicted molar refractivity (Wildman–Crippen MR) is 299 cm³/mol. The van der Waals surface area contributed by atoms with Gasteiger partial charge in [0.05, 0.1) is 97.2 Å². The molecule has 0 radical (unpaired) electrons. The maximum Gasteiger partial charge on any atom is 0.246 e. The predicted octanol–water partition coefficient (Wildman–Crippen LogP) is 4.64. The molecule has 20 nitrogen and oxygen atoms in total. The number of β-amino-alcohol motifs (C(OH)–C–C–N with tert-alkyl or cyclic N) is 2. The van der Waals surface area contributed by atoms with Crippen LogP contribution in [0.4, 0.5) is 0 Å². The molecule has 0 bridgehead atoms. The van der Waals surface area contributed by atoms with Crippen molar-refractivity contribution in [2.75, 3.05) is 79.2 Å². The van der Waals surface area contributed by atoms with Gasteiger partial charge in [0.2, 0.25) is 29.5 Å². The Kier molecular flexibility index (Phi) is 23.6. The van der Waals surface area contributed by atoms with Gasteiger partial charge in [-0.05, 0) is 46.9 Å². The molecule has 2 saturated heterocycles. The van der Waals surface area contributed by atoms with Crippen LogP contribution in [0.3, 0.4) is 0 Å². The zero-order chi connectivity index (χ0) is 57.3. The molecule has 4 heterocycles. The first kappa shape index (κ1) is 62.6. The number of benzene rings is 2. The van der Waals surface area contributed by atoms with Gasteiger partial charge in [0.25, 0.3) is 0 Å². The number of amides is 5. The van der Waals surface area contributed by atoms with Crippen LogP contribution in [0.1, 0.15) is 83.3 Å². The minimum atomic E-state index is -0.992. The zero-order valence-electron chi connectivity index (χ0n) is 46.7. The van der Waals surface area contributed by atoms with Gasteiger partial charge in [0.15, 0.2) is 5.78 Å². The van der Waals surface area contributed by atoms with E-state index in [9.17, 15) is 39.0 Å². The number of thiazole rings is 2. The molecular formula is C57H79N7O13S2. The van der Waals surface area contributed by atoms with E-state index in [-0.39, 0.29) is 135 Å². The highest BCUT2D eigenvalue weighted by Crippen LogP contribution is 2.34. The Morgan fingerprint density at radius 3 is 1.39 bits per heavy atom. The summed E-state index contributed by atoms with van der Waals surface area (Å²) in [5.74, 6) is -3.10. The summed E-state index contributed by atoms with van der Waals surface area (Å²) < 4.78 is 27.8. The molecule has 0 unspecified atom stereocenters. The van der Waals surface area contributed by atoms with Gasteiger partial charge >= 0.3 is 0 Å². The fraction of sp³-hybridized carbons (Fsp3) is 0.579. The number of ether oxygens (including phenoxy) is 5. The lowest BCUT2D eigenvalue weighted by Gasteiger charge is -2.35. The molecule has 2 aromatic heterocycles. The minimum absolute atomic E-state index is 0.00108. The standard InChI is InChI=1S/C57H79N7O13S2/c1-36-49(78-34-60-36)40-13-9-38(10-14-40)28-58-52(69)46-26-42(65)30-63(46)54(71)45(56(3,4)5)25-44(67)32-76-23-21-74-19-17-73-18-20-75-22-24-77-33-48(68)62-51(57(6,7)8)55(72)64-31-43(66)27-47(64)53(70)59-29-39-11-15-41(16-12-39)50-37(2)61-35-79-50/h9-16,34-35,42-43,45-47,51,65-66H,17-33H2,1-8H3,(H,58,69)(H,59,70)(H,62,68)/t42-,43+,45+,46-,47-,51+/m0/s1. The number of ketones is 1. The van der Waals surface area contributed by atoms with Gasteiger partial charge in [0, 0.05) is 51.4 Å². The number of carbonyl (C=O) groups is 6. The number of hydrogen-bond donors (Lipinski definition) is 5. The summed E-state index contributed by atoms with van der Waals surface area (Å²) in [6.07, 6.45) is -1.66. The van der Waals surface area contributed by atoms with Gasteiger partial charge in [-0.1, -0.05) is 90.1 Å². The van der Waals surface area contributed by atoms with Crippen molar-refractivity contribution in [1.82, 2.24) is 35.7 Å². The van der Waals surface area contributed by atoms with Gasteiger partial charge in [-0.3, -0.25) is 28.8 Å². The Labute approximate surface area is 471 Å². The number of Topliss-reactive ketones (excluding diaryl/α,β-unsaturated/α-hetero) is 1. The maximum atomic E-state index is 14.0.